The van der Waals surface area contributed by atoms with E-state index in [0.717, 1.165) is 39.2 Å². The molecule has 2 N–H and O–H groups in total. The molecule has 0 spiro atoms. The van der Waals surface area contributed by atoms with Gasteiger partial charge < -0.3 is 15.4 Å². The van der Waals surface area contributed by atoms with E-state index >= 15 is 0 Å². The van der Waals surface area contributed by atoms with Crippen molar-refractivity contribution < 1.29 is 9.53 Å². The predicted octanol–water partition coefficient (Wildman–Crippen LogP) is -0.0357. The van der Waals surface area contributed by atoms with E-state index in [9.17, 15) is 4.79 Å². The van der Waals surface area contributed by atoms with Crippen LogP contribution in [0.2, 0.25) is 0 Å². The standard InChI is InChI=1S/C14H26N4O2/c1-20-9-7-16-10-13-4-2-8-18(11-13)12-14(19)17-6-3-5-15/h13,16H,2-4,6-12H2,1H3,(H,17,19). The molecule has 0 radical (unpaired) electrons. The second kappa shape index (κ2) is 10.6. The summed E-state index contributed by atoms with van der Waals surface area (Å²) in [5, 5.41) is 14.6. The van der Waals surface area contributed by atoms with Crippen LogP contribution in [0.3, 0.4) is 0 Å². The van der Waals surface area contributed by atoms with E-state index in [1.165, 1.54) is 6.42 Å². The monoisotopic (exact) mass is 282 g/mol. The Morgan fingerprint density at radius 2 is 2.35 bits per heavy atom. The van der Waals surface area contributed by atoms with Crippen molar-refractivity contribution in [1.82, 2.24) is 15.5 Å². The molecule has 1 heterocycles. The number of nitrogens with one attached hydrogen (secondary N) is 2. The van der Waals surface area contributed by atoms with Crippen LogP contribution < -0.4 is 10.6 Å². The maximum atomic E-state index is 11.7. The van der Waals surface area contributed by atoms with Crippen LogP contribution in [0.15, 0.2) is 0 Å². The summed E-state index contributed by atoms with van der Waals surface area (Å²) in [6.45, 7) is 5.44. The third kappa shape index (κ3) is 7.43. The summed E-state index contributed by atoms with van der Waals surface area (Å²) in [4.78, 5) is 13.9. The van der Waals surface area contributed by atoms with E-state index in [2.05, 4.69) is 15.5 Å². The highest BCUT2D eigenvalue weighted by atomic mass is 16.5. The first kappa shape index (κ1) is 16.9. The first-order chi connectivity index (χ1) is 9.76. The van der Waals surface area contributed by atoms with Gasteiger partial charge in [0.15, 0.2) is 0 Å². The van der Waals surface area contributed by atoms with E-state index in [1.54, 1.807) is 7.11 Å². The van der Waals surface area contributed by atoms with Gasteiger partial charge in [0.1, 0.15) is 0 Å². The highest BCUT2D eigenvalue weighted by Gasteiger charge is 2.21. The van der Waals surface area contributed by atoms with Gasteiger partial charge in [-0.3, -0.25) is 9.69 Å². The molecule has 114 valence electrons. The third-order valence-electron chi connectivity index (χ3n) is 3.45. The fraction of sp³-hybridized carbons (Fsp3) is 0.857. The van der Waals surface area contributed by atoms with Gasteiger partial charge in [0, 0.05) is 26.7 Å². The van der Waals surface area contributed by atoms with Gasteiger partial charge in [-0.2, -0.15) is 5.26 Å². The number of ether oxygens (including phenoxy) is 1. The lowest BCUT2D eigenvalue weighted by molar-refractivity contribution is -0.122. The Morgan fingerprint density at radius 3 is 3.10 bits per heavy atom. The van der Waals surface area contributed by atoms with Gasteiger partial charge >= 0.3 is 0 Å². The van der Waals surface area contributed by atoms with Crippen molar-refractivity contribution in [3.63, 3.8) is 0 Å². The minimum atomic E-state index is 0.0215. The fourth-order valence-corrected chi connectivity index (χ4v) is 2.46. The van der Waals surface area contributed by atoms with Crippen molar-refractivity contribution in [1.29, 1.82) is 5.26 Å². The number of nitrogens with zero attached hydrogens (tertiary/aromatic N) is 2. The molecule has 0 saturated carbocycles. The van der Waals surface area contributed by atoms with Crippen molar-refractivity contribution in [2.24, 2.45) is 5.92 Å². The van der Waals surface area contributed by atoms with Crippen molar-refractivity contribution >= 4 is 5.91 Å². The Morgan fingerprint density at radius 1 is 1.50 bits per heavy atom. The molecule has 1 unspecified atom stereocenters. The molecule has 0 aromatic rings. The Balaban J connectivity index is 2.16. The number of carbonyl (C=O) groups is 1. The van der Waals surface area contributed by atoms with E-state index in [4.69, 9.17) is 10.00 Å². The predicted molar refractivity (Wildman–Crippen MR) is 77.1 cm³/mol. The van der Waals surface area contributed by atoms with Crippen LogP contribution in [0.1, 0.15) is 19.3 Å². The van der Waals surface area contributed by atoms with Crippen molar-refractivity contribution in [3.8, 4) is 6.07 Å². The Kier molecular flexibility index (Phi) is 8.96. The number of hydrogen-bond donors (Lipinski definition) is 2. The zero-order valence-electron chi connectivity index (χ0n) is 12.4. The van der Waals surface area contributed by atoms with Gasteiger partial charge in [-0.05, 0) is 31.8 Å². The summed E-state index contributed by atoms with van der Waals surface area (Å²) in [6, 6.07) is 2.02. The van der Waals surface area contributed by atoms with Crippen LogP contribution in [-0.4, -0.2) is 63.8 Å². The molecule has 0 aliphatic carbocycles. The largest absolute Gasteiger partial charge is 0.383 e. The molecule has 6 nitrogen and oxygen atoms in total. The SMILES string of the molecule is COCCNCC1CCCN(CC(=O)NCCC#N)C1. The molecule has 1 saturated heterocycles. The first-order valence-electron chi connectivity index (χ1n) is 7.32. The van der Waals surface area contributed by atoms with Gasteiger partial charge in [-0.1, -0.05) is 0 Å². The minimum Gasteiger partial charge on any atom is -0.383 e. The molecule has 1 amide bonds. The van der Waals surface area contributed by atoms with Crippen LogP contribution in [0.25, 0.3) is 0 Å². The molecule has 1 aliphatic rings. The summed E-state index contributed by atoms with van der Waals surface area (Å²) in [5.41, 5.74) is 0. The highest BCUT2D eigenvalue weighted by Crippen LogP contribution is 2.15. The summed E-state index contributed by atoms with van der Waals surface area (Å²) in [6.07, 6.45) is 2.73. The van der Waals surface area contributed by atoms with Crippen LogP contribution in [-0.2, 0) is 9.53 Å². The first-order valence-corrected chi connectivity index (χ1v) is 7.32. The Labute approximate surface area is 121 Å². The fourth-order valence-electron chi connectivity index (χ4n) is 2.46. The van der Waals surface area contributed by atoms with Crippen LogP contribution >= 0.6 is 0 Å². The van der Waals surface area contributed by atoms with E-state index in [-0.39, 0.29) is 5.91 Å². The highest BCUT2D eigenvalue weighted by molar-refractivity contribution is 5.78. The van der Waals surface area contributed by atoms with Gasteiger partial charge in [0.2, 0.25) is 5.91 Å². The summed E-state index contributed by atoms with van der Waals surface area (Å²) < 4.78 is 5.00. The zero-order valence-corrected chi connectivity index (χ0v) is 12.4. The van der Waals surface area contributed by atoms with Crippen LogP contribution in [0.5, 0.6) is 0 Å². The maximum Gasteiger partial charge on any atom is 0.234 e. The number of likely N-dealkylation sites (tertiary alicyclic amines) is 1. The number of hydrogen-bond acceptors (Lipinski definition) is 5. The molecule has 20 heavy (non-hydrogen) atoms. The molecular weight excluding hydrogens is 256 g/mol. The molecule has 0 aromatic carbocycles. The Bertz CT molecular complexity index is 317. The Hall–Kier alpha value is -1.16. The number of carbonyl (C=O) groups excluding carboxylic acids is 1. The number of piperidine rings is 1. The minimum absolute atomic E-state index is 0.0215. The molecule has 6 heteroatoms. The third-order valence-corrected chi connectivity index (χ3v) is 3.45. The van der Waals surface area contributed by atoms with Gasteiger partial charge in [0.25, 0.3) is 0 Å². The summed E-state index contributed by atoms with van der Waals surface area (Å²) in [7, 11) is 1.70. The summed E-state index contributed by atoms with van der Waals surface area (Å²) in [5.74, 6) is 0.626. The van der Waals surface area contributed by atoms with Crippen molar-refractivity contribution in [3.05, 3.63) is 0 Å². The number of amides is 1. The van der Waals surface area contributed by atoms with Crippen molar-refractivity contribution in [2.75, 3.05) is 53.0 Å². The molecule has 1 rings (SSSR count). The zero-order chi connectivity index (χ0) is 14.6. The number of methoxy groups -OCH3 is 1. The molecule has 1 atom stereocenters. The van der Waals surface area contributed by atoms with Crippen molar-refractivity contribution in [2.45, 2.75) is 19.3 Å². The quantitative estimate of drug-likeness (QED) is 0.581. The van der Waals surface area contributed by atoms with Crippen LogP contribution in [0, 0.1) is 17.2 Å². The second-order valence-corrected chi connectivity index (χ2v) is 5.20. The van der Waals surface area contributed by atoms with E-state index in [1.807, 2.05) is 6.07 Å². The molecule has 1 fully saturated rings. The molecule has 1 aliphatic heterocycles. The molecule has 0 aromatic heterocycles. The van der Waals surface area contributed by atoms with Gasteiger partial charge in [-0.25, -0.2) is 0 Å². The number of nitriles is 1. The second-order valence-electron chi connectivity index (χ2n) is 5.20. The smallest absolute Gasteiger partial charge is 0.234 e. The lowest BCUT2D eigenvalue weighted by atomic mass is 9.98. The van der Waals surface area contributed by atoms with Crippen LogP contribution in [0.4, 0.5) is 0 Å². The maximum absolute atomic E-state index is 11.7. The molecular formula is C14H26N4O2. The lowest BCUT2D eigenvalue weighted by Crippen LogP contribution is -2.44. The average Bonchev–Trinajstić information content (AvgIpc) is 2.44. The van der Waals surface area contributed by atoms with Gasteiger partial charge in [0.05, 0.1) is 25.6 Å². The lowest BCUT2D eigenvalue weighted by Gasteiger charge is -2.32. The van der Waals surface area contributed by atoms with E-state index in [0.29, 0.717) is 25.4 Å². The number of rotatable bonds is 9. The average molecular weight is 282 g/mol. The van der Waals surface area contributed by atoms with Gasteiger partial charge in [-0.15, -0.1) is 0 Å². The molecule has 0 bridgehead atoms. The topological polar surface area (TPSA) is 77.4 Å². The normalized spacial score (nSPS) is 19.5. The summed E-state index contributed by atoms with van der Waals surface area (Å²) >= 11 is 0. The van der Waals surface area contributed by atoms with E-state index < -0.39 is 0 Å².